The van der Waals surface area contributed by atoms with E-state index in [4.69, 9.17) is 11.6 Å². The Bertz CT molecular complexity index is 734. The summed E-state index contributed by atoms with van der Waals surface area (Å²) in [6.07, 6.45) is 1.51. The zero-order valence-corrected chi connectivity index (χ0v) is 12.9. The predicted octanol–water partition coefficient (Wildman–Crippen LogP) is 4.19. The largest absolute Gasteiger partial charge is 0.321 e. The van der Waals surface area contributed by atoms with Crippen molar-refractivity contribution >= 4 is 40.7 Å². The summed E-state index contributed by atoms with van der Waals surface area (Å²) in [7, 11) is 0. The van der Waals surface area contributed by atoms with Crippen molar-refractivity contribution in [2.24, 2.45) is 4.40 Å². The van der Waals surface area contributed by atoms with Gasteiger partial charge in [-0.15, -0.1) is 0 Å². The van der Waals surface area contributed by atoms with Crippen LogP contribution in [0.3, 0.4) is 0 Å². The number of nitrogens with one attached hydrogen (secondary N) is 1. The number of halogens is 2. The van der Waals surface area contributed by atoms with Crippen LogP contribution in [0.15, 0.2) is 27.4 Å². The Hall–Kier alpha value is -1.33. The van der Waals surface area contributed by atoms with Crippen LogP contribution in [0.5, 0.6) is 0 Å². The number of nitrogens with zero attached hydrogens (tertiary/aromatic N) is 1. The third kappa shape index (κ3) is 3.61. The highest BCUT2D eigenvalue weighted by atomic mass is 35.5. The molecule has 1 N–H and O–H groups in total. The number of pyridine rings is 1. The fourth-order valence-corrected chi connectivity index (χ4v) is 2.21. The molecule has 0 aliphatic carbocycles. The molecule has 1 heterocycles. The fraction of sp³-hybridized carbons (Fsp3) is 0.286. The van der Waals surface area contributed by atoms with Gasteiger partial charge in [-0.25, -0.2) is 8.79 Å². The van der Waals surface area contributed by atoms with Gasteiger partial charge in [0, 0.05) is 16.3 Å². The molecule has 3 nitrogen and oxygen atoms in total. The molecule has 0 aliphatic heterocycles. The van der Waals surface area contributed by atoms with Crippen LogP contribution in [0.4, 0.5) is 4.39 Å². The number of rotatable bonds is 2. The third-order valence-corrected chi connectivity index (χ3v) is 3.48. The lowest BCUT2D eigenvalue weighted by molar-refractivity contribution is 0.630. The van der Waals surface area contributed by atoms with Crippen LogP contribution in [0.25, 0.3) is 10.9 Å². The fourth-order valence-electron chi connectivity index (χ4n) is 1.55. The van der Waals surface area contributed by atoms with Gasteiger partial charge in [0.15, 0.2) is 0 Å². The summed E-state index contributed by atoms with van der Waals surface area (Å²) in [6, 6.07) is 4.34. The van der Waals surface area contributed by atoms with Crippen molar-refractivity contribution in [3.8, 4) is 0 Å². The lowest BCUT2D eigenvalue weighted by Crippen LogP contribution is -2.12. The van der Waals surface area contributed by atoms with Gasteiger partial charge in [0.2, 0.25) is 0 Å². The van der Waals surface area contributed by atoms with Gasteiger partial charge in [-0.3, -0.25) is 4.79 Å². The highest BCUT2D eigenvalue weighted by Gasteiger charge is 2.10. The van der Waals surface area contributed by atoms with Crippen LogP contribution < -0.4 is 5.56 Å². The lowest BCUT2D eigenvalue weighted by Gasteiger charge is -2.12. The van der Waals surface area contributed by atoms with Gasteiger partial charge in [-0.2, -0.15) is 0 Å². The minimum Gasteiger partial charge on any atom is -0.321 e. The number of H-pyrrole nitrogens is 1. The number of hydrogen-bond acceptors (Lipinski definition) is 3. The SMILES string of the molecule is CC(C)(C)SN=Cc1cc2cc(Cl)c(F)cc2[nH]c1=O. The van der Waals surface area contributed by atoms with Gasteiger partial charge in [0.25, 0.3) is 5.56 Å². The summed E-state index contributed by atoms with van der Waals surface area (Å²) in [5.41, 5.74) is 0.520. The molecule has 6 heteroatoms. The van der Waals surface area contributed by atoms with E-state index in [1.54, 1.807) is 6.07 Å². The van der Waals surface area contributed by atoms with E-state index in [9.17, 15) is 9.18 Å². The van der Waals surface area contributed by atoms with Crippen molar-refractivity contribution in [1.82, 2.24) is 4.98 Å². The Labute approximate surface area is 125 Å². The molecule has 1 aromatic heterocycles. The first-order valence-electron chi connectivity index (χ1n) is 6.00. The monoisotopic (exact) mass is 312 g/mol. The van der Waals surface area contributed by atoms with E-state index in [0.29, 0.717) is 16.5 Å². The Morgan fingerprint density at radius 3 is 2.70 bits per heavy atom. The van der Waals surface area contributed by atoms with Gasteiger partial charge >= 0.3 is 0 Å². The van der Waals surface area contributed by atoms with Gasteiger partial charge in [-0.05, 0) is 50.9 Å². The van der Waals surface area contributed by atoms with E-state index >= 15 is 0 Å². The van der Waals surface area contributed by atoms with Crippen LogP contribution in [-0.2, 0) is 0 Å². The van der Waals surface area contributed by atoms with Crippen molar-refractivity contribution in [3.05, 3.63) is 45.0 Å². The highest BCUT2D eigenvalue weighted by Crippen LogP contribution is 2.24. The first kappa shape index (κ1) is 15.1. The maximum Gasteiger partial charge on any atom is 0.257 e. The van der Waals surface area contributed by atoms with Crippen LogP contribution in [-0.4, -0.2) is 15.9 Å². The normalized spacial score (nSPS) is 12.4. The number of aromatic nitrogens is 1. The second-order valence-electron chi connectivity index (χ2n) is 5.35. The molecule has 0 saturated heterocycles. The van der Waals surface area contributed by atoms with Crippen LogP contribution in [0, 0.1) is 5.82 Å². The summed E-state index contributed by atoms with van der Waals surface area (Å²) in [5, 5.41) is 0.690. The molecule has 0 atom stereocenters. The Kier molecular flexibility index (Phi) is 4.20. The van der Waals surface area contributed by atoms with E-state index in [1.165, 1.54) is 30.3 Å². The van der Waals surface area contributed by atoms with Crippen LogP contribution >= 0.6 is 23.5 Å². The van der Waals surface area contributed by atoms with E-state index < -0.39 is 5.82 Å². The molecular formula is C14H14ClFN2OS. The van der Waals surface area contributed by atoms with Crippen LogP contribution in [0.1, 0.15) is 26.3 Å². The zero-order valence-electron chi connectivity index (χ0n) is 11.3. The van der Waals surface area contributed by atoms with Crippen molar-refractivity contribution in [2.45, 2.75) is 25.5 Å². The first-order valence-corrected chi connectivity index (χ1v) is 7.15. The summed E-state index contributed by atoms with van der Waals surface area (Å²) in [6.45, 7) is 6.09. The first-order chi connectivity index (χ1) is 9.26. The molecule has 0 saturated carbocycles. The second kappa shape index (κ2) is 5.58. The van der Waals surface area contributed by atoms with Crippen molar-refractivity contribution in [1.29, 1.82) is 0 Å². The standard InChI is InChI=1S/C14H14ClFN2OS/c1-14(2,3)20-17-7-9-4-8-5-10(15)11(16)6-12(8)18-13(9)19/h4-7H,1-3H3,(H,18,19). The molecule has 20 heavy (non-hydrogen) atoms. The maximum absolute atomic E-state index is 13.3. The molecule has 0 bridgehead atoms. The molecule has 0 amide bonds. The van der Waals surface area contributed by atoms with E-state index in [1.807, 2.05) is 20.8 Å². The Morgan fingerprint density at radius 2 is 2.05 bits per heavy atom. The Balaban J connectivity index is 2.43. The average molecular weight is 313 g/mol. The molecule has 1 aromatic carbocycles. The molecule has 106 valence electrons. The van der Waals surface area contributed by atoms with E-state index in [0.717, 1.165) is 0 Å². The summed E-state index contributed by atoms with van der Waals surface area (Å²) < 4.78 is 17.5. The molecule has 0 fully saturated rings. The molecule has 0 spiro atoms. The third-order valence-electron chi connectivity index (χ3n) is 2.43. The molecule has 0 aliphatic rings. The average Bonchev–Trinajstić information content (AvgIpc) is 2.31. The zero-order chi connectivity index (χ0) is 14.9. The lowest BCUT2D eigenvalue weighted by atomic mass is 10.1. The quantitative estimate of drug-likeness (QED) is 0.667. The molecule has 0 unspecified atom stereocenters. The van der Waals surface area contributed by atoms with Crippen molar-refractivity contribution in [3.63, 3.8) is 0 Å². The summed E-state index contributed by atoms with van der Waals surface area (Å²) in [5.74, 6) is -0.556. The van der Waals surface area contributed by atoms with Crippen molar-refractivity contribution in [2.75, 3.05) is 0 Å². The van der Waals surface area contributed by atoms with E-state index in [2.05, 4.69) is 9.38 Å². The van der Waals surface area contributed by atoms with Gasteiger partial charge in [0.05, 0.1) is 16.1 Å². The van der Waals surface area contributed by atoms with Crippen LogP contribution in [0.2, 0.25) is 5.02 Å². The topological polar surface area (TPSA) is 45.2 Å². The smallest absolute Gasteiger partial charge is 0.257 e. The Morgan fingerprint density at radius 1 is 1.35 bits per heavy atom. The maximum atomic E-state index is 13.3. The van der Waals surface area contributed by atoms with Gasteiger partial charge < -0.3 is 4.98 Å². The summed E-state index contributed by atoms with van der Waals surface area (Å²) in [4.78, 5) is 14.5. The second-order valence-corrected chi connectivity index (χ2v) is 7.37. The number of aromatic amines is 1. The van der Waals surface area contributed by atoms with Gasteiger partial charge in [-0.1, -0.05) is 11.6 Å². The molecular weight excluding hydrogens is 299 g/mol. The minimum absolute atomic E-state index is 0.0213. The number of benzene rings is 1. The minimum atomic E-state index is -0.556. The molecule has 2 rings (SSSR count). The predicted molar refractivity (Wildman–Crippen MR) is 84.5 cm³/mol. The highest BCUT2D eigenvalue weighted by molar-refractivity contribution is 7.99. The number of hydrogen-bond donors (Lipinski definition) is 1. The van der Waals surface area contributed by atoms with Crippen molar-refractivity contribution < 1.29 is 4.39 Å². The molecule has 0 radical (unpaired) electrons. The number of fused-ring (bicyclic) bond motifs is 1. The van der Waals surface area contributed by atoms with E-state index in [-0.39, 0.29) is 15.3 Å². The van der Waals surface area contributed by atoms with Gasteiger partial charge in [0.1, 0.15) is 5.82 Å². The summed E-state index contributed by atoms with van der Waals surface area (Å²) >= 11 is 7.12. The molecule has 2 aromatic rings.